The fraction of sp³-hybridized carbons (Fsp3) is 0.588. The zero-order chi connectivity index (χ0) is 14.7. The molecular formula is C17H23FO2. The summed E-state index contributed by atoms with van der Waals surface area (Å²) in [4.78, 5) is 12.6. The number of carbonyl (C=O) groups excluding carboxylic acids is 1. The predicted octanol–water partition coefficient (Wildman–Crippen LogP) is 4.48. The average molecular weight is 278 g/mol. The van der Waals surface area contributed by atoms with Crippen LogP contribution in [0.3, 0.4) is 0 Å². The molecule has 2 nitrogen and oxygen atoms in total. The molecule has 0 unspecified atom stereocenters. The summed E-state index contributed by atoms with van der Waals surface area (Å²) in [5.41, 5.74) is 0.389. The number of Topliss-reactive ketones (excluding diaryl/α,β-unsaturated/α-hetero) is 1. The quantitative estimate of drug-likeness (QED) is 0.759. The minimum absolute atomic E-state index is 0.0145. The monoisotopic (exact) mass is 278 g/mol. The maximum atomic E-state index is 13.4. The van der Waals surface area contributed by atoms with Crippen molar-refractivity contribution in [3.63, 3.8) is 0 Å². The molecule has 0 bridgehead atoms. The molecule has 0 N–H and O–H groups in total. The zero-order valence-electron chi connectivity index (χ0n) is 12.5. The Morgan fingerprint density at radius 2 is 1.90 bits per heavy atom. The highest BCUT2D eigenvalue weighted by molar-refractivity contribution is 6.00. The largest absolute Gasteiger partial charge is 0.496 e. The summed E-state index contributed by atoms with van der Waals surface area (Å²) in [5, 5.41) is 0. The Balaban J connectivity index is 2.11. The molecule has 3 heteroatoms. The molecule has 0 heterocycles. The molecule has 0 aromatic heterocycles. The van der Waals surface area contributed by atoms with Gasteiger partial charge in [0.25, 0.3) is 0 Å². The SMILES string of the molecule is COc1ccc(F)cc1C(=O)C1CCC(C(C)C)CC1. The van der Waals surface area contributed by atoms with Crippen LogP contribution in [0, 0.1) is 23.6 Å². The third kappa shape index (κ3) is 3.20. The van der Waals surface area contributed by atoms with Crippen molar-refractivity contribution >= 4 is 5.78 Å². The van der Waals surface area contributed by atoms with Gasteiger partial charge in [0.05, 0.1) is 12.7 Å². The summed E-state index contributed by atoms with van der Waals surface area (Å²) in [7, 11) is 1.51. The molecule has 1 saturated carbocycles. The van der Waals surface area contributed by atoms with Gasteiger partial charge in [-0.15, -0.1) is 0 Å². The van der Waals surface area contributed by atoms with E-state index in [0.29, 0.717) is 23.1 Å². The van der Waals surface area contributed by atoms with Crippen LogP contribution in [0.1, 0.15) is 49.9 Å². The minimum Gasteiger partial charge on any atom is -0.496 e. The molecule has 0 amide bonds. The molecular weight excluding hydrogens is 255 g/mol. The van der Waals surface area contributed by atoms with Gasteiger partial charge >= 0.3 is 0 Å². The Bertz CT molecular complexity index is 474. The molecule has 110 valence electrons. The minimum atomic E-state index is -0.384. The van der Waals surface area contributed by atoms with Gasteiger partial charge in [-0.1, -0.05) is 13.8 Å². The number of benzene rings is 1. The van der Waals surface area contributed by atoms with Crippen LogP contribution in [0.5, 0.6) is 5.75 Å². The van der Waals surface area contributed by atoms with Gasteiger partial charge in [0.1, 0.15) is 11.6 Å². The van der Waals surface area contributed by atoms with Gasteiger partial charge in [-0.2, -0.15) is 0 Å². The second-order valence-electron chi connectivity index (χ2n) is 6.06. The maximum absolute atomic E-state index is 13.4. The fourth-order valence-corrected chi connectivity index (χ4v) is 3.14. The molecule has 1 fully saturated rings. The second kappa shape index (κ2) is 6.38. The number of rotatable bonds is 4. The second-order valence-corrected chi connectivity index (χ2v) is 6.06. The van der Waals surface area contributed by atoms with Gasteiger partial charge in [-0.3, -0.25) is 4.79 Å². The number of halogens is 1. The van der Waals surface area contributed by atoms with Crippen molar-refractivity contribution in [2.24, 2.45) is 17.8 Å². The van der Waals surface area contributed by atoms with Crippen LogP contribution >= 0.6 is 0 Å². The highest BCUT2D eigenvalue weighted by Gasteiger charge is 2.29. The van der Waals surface area contributed by atoms with E-state index in [1.165, 1.54) is 25.3 Å². The molecule has 20 heavy (non-hydrogen) atoms. The van der Waals surface area contributed by atoms with E-state index in [-0.39, 0.29) is 17.5 Å². The first-order chi connectivity index (χ1) is 9.52. The molecule has 2 rings (SSSR count). The Morgan fingerprint density at radius 1 is 1.25 bits per heavy atom. The van der Waals surface area contributed by atoms with Crippen LogP contribution in [0.25, 0.3) is 0 Å². The lowest BCUT2D eigenvalue weighted by Gasteiger charge is -2.30. The van der Waals surface area contributed by atoms with Crippen molar-refractivity contribution in [2.45, 2.75) is 39.5 Å². The Morgan fingerprint density at radius 3 is 2.45 bits per heavy atom. The number of ether oxygens (including phenoxy) is 1. The van der Waals surface area contributed by atoms with Gasteiger partial charge in [-0.05, 0) is 55.7 Å². The van der Waals surface area contributed by atoms with Crippen molar-refractivity contribution in [1.82, 2.24) is 0 Å². The summed E-state index contributed by atoms with van der Waals surface area (Å²) in [5.74, 6) is 1.53. The number of carbonyl (C=O) groups is 1. The molecule has 0 radical (unpaired) electrons. The number of hydrogen-bond donors (Lipinski definition) is 0. The van der Waals surface area contributed by atoms with Gasteiger partial charge in [-0.25, -0.2) is 4.39 Å². The Kier molecular flexibility index (Phi) is 4.79. The number of methoxy groups -OCH3 is 1. The fourth-order valence-electron chi connectivity index (χ4n) is 3.14. The van der Waals surface area contributed by atoms with Crippen LogP contribution in [0.4, 0.5) is 4.39 Å². The topological polar surface area (TPSA) is 26.3 Å². The number of ketones is 1. The third-order valence-electron chi connectivity index (χ3n) is 4.51. The highest BCUT2D eigenvalue weighted by Crippen LogP contribution is 2.36. The zero-order valence-corrected chi connectivity index (χ0v) is 12.5. The van der Waals surface area contributed by atoms with Gasteiger partial charge in [0.15, 0.2) is 5.78 Å². The Labute approximate surface area is 120 Å². The van der Waals surface area contributed by atoms with Crippen LogP contribution in [-0.4, -0.2) is 12.9 Å². The summed E-state index contributed by atoms with van der Waals surface area (Å²) in [6.45, 7) is 4.48. The van der Waals surface area contributed by atoms with Crippen molar-refractivity contribution in [1.29, 1.82) is 0 Å². The molecule has 1 aromatic carbocycles. The Hall–Kier alpha value is -1.38. The lowest BCUT2D eigenvalue weighted by Crippen LogP contribution is -2.24. The highest BCUT2D eigenvalue weighted by atomic mass is 19.1. The predicted molar refractivity (Wildman–Crippen MR) is 77.6 cm³/mol. The van der Waals surface area contributed by atoms with E-state index in [0.717, 1.165) is 25.7 Å². The number of hydrogen-bond acceptors (Lipinski definition) is 2. The van der Waals surface area contributed by atoms with Gasteiger partial charge < -0.3 is 4.74 Å². The smallest absolute Gasteiger partial charge is 0.169 e. The first-order valence-electron chi connectivity index (χ1n) is 7.40. The van der Waals surface area contributed by atoms with Crippen LogP contribution in [0.2, 0.25) is 0 Å². The molecule has 0 spiro atoms. The summed E-state index contributed by atoms with van der Waals surface area (Å²) in [6, 6.07) is 4.16. The van der Waals surface area contributed by atoms with Crippen LogP contribution in [-0.2, 0) is 0 Å². The van der Waals surface area contributed by atoms with Crippen LogP contribution < -0.4 is 4.74 Å². The van der Waals surface area contributed by atoms with E-state index in [4.69, 9.17) is 4.74 Å². The normalized spacial score (nSPS) is 22.9. The van der Waals surface area contributed by atoms with E-state index >= 15 is 0 Å². The van der Waals surface area contributed by atoms with Crippen LogP contribution in [0.15, 0.2) is 18.2 Å². The van der Waals surface area contributed by atoms with Gasteiger partial charge in [0.2, 0.25) is 0 Å². The van der Waals surface area contributed by atoms with E-state index in [1.54, 1.807) is 0 Å². The summed E-state index contributed by atoms with van der Waals surface area (Å²) >= 11 is 0. The average Bonchev–Trinajstić information content (AvgIpc) is 2.46. The molecule has 0 saturated heterocycles. The molecule has 1 aliphatic rings. The van der Waals surface area contributed by atoms with E-state index in [9.17, 15) is 9.18 Å². The molecule has 1 aliphatic carbocycles. The first-order valence-corrected chi connectivity index (χ1v) is 7.40. The van der Waals surface area contributed by atoms with E-state index in [2.05, 4.69) is 13.8 Å². The summed E-state index contributed by atoms with van der Waals surface area (Å²) < 4.78 is 18.6. The van der Waals surface area contributed by atoms with Crippen molar-refractivity contribution in [3.05, 3.63) is 29.6 Å². The molecule has 0 atom stereocenters. The van der Waals surface area contributed by atoms with E-state index in [1.807, 2.05) is 0 Å². The lowest BCUT2D eigenvalue weighted by atomic mass is 9.74. The summed E-state index contributed by atoms with van der Waals surface area (Å²) in [6.07, 6.45) is 3.99. The lowest BCUT2D eigenvalue weighted by molar-refractivity contribution is 0.0855. The van der Waals surface area contributed by atoms with Crippen molar-refractivity contribution < 1.29 is 13.9 Å². The standard InChI is InChI=1S/C17H23FO2/c1-11(2)12-4-6-13(7-5-12)17(19)15-10-14(18)8-9-16(15)20-3/h8-13H,4-7H2,1-3H3. The van der Waals surface area contributed by atoms with E-state index < -0.39 is 0 Å². The third-order valence-corrected chi connectivity index (χ3v) is 4.51. The van der Waals surface area contributed by atoms with Gasteiger partial charge in [0, 0.05) is 5.92 Å². The van der Waals surface area contributed by atoms with Crippen molar-refractivity contribution in [3.8, 4) is 5.75 Å². The van der Waals surface area contributed by atoms with Crippen molar-refractivity contribution in [2.75, 3.05) is 7.11 Å². The maximum Gasteiger partial charge on any atom is 0.169 e. The first kappa shape index (κ1) is 15.0. The molecule has 0 aliphatic heterocycles. The molecule has 1 aromatic rings.